The summed E-state index contributed by atoms with van der Waals surface area (Å²) in [6.45, 7) is 5.62. The van der Waals surface area contributed by atoms with Crippen LogP contribution in [0.5, 0.6) is 0 Å². The molecule has 0 heterocycles. The second kappa shape index (κ2) is 13.3. The molecule has 0 spiro atoms. The van der Waals surface area contributed by atoms with E-state index < -0.39 is 11.9 Å². The SMILES string of the molecule is CCCCCCOC(=O)c1ccccc1C(=O)OCCC(C)CCOC. The molecule has 1 aromatic carbocycles. The van der Waals surface area contributed by atoms with Gasteiger partial charge in [-0.2, -0.15) is 0 Å². The molecule has 1 rings (SSSR count). The minimum atomic E-state index is -0.484. The zero-order chi connectivity index (χ0) is 19.2. The summed E-state index contributed by atoms with van der Waals surface area (Å²) in [7, 11) is 1.67. The van der Waals surface area contributed by atoms with E-state index in [4.69, 9.17) is 14.2 Å². The first kappa shape index (κ1) is 22.2. The van der Waals surface area contributed by atoms with Crippen molar-refractivity contribution in [2.75, 3.05) is 26.9 Å². The van der Waals surface area contributed by atoms with Gasteiger partial charge in [0.25, 0.3) is 0 Å². The number of carbonyl (C=O) groups excluding carboxylic acids is 2. The van der Waals surface area contributed by atoms with Crippen LogP contribution in [0.1, 0.15) is 73.1 Å². The van der Waals surface area contributed by atoms with Crippen LogP contribution in [0.3, 0.4) is 0 Å². The van der Waals surface area contributed by atoms with Crippen molar-refractivity contribution in [2.24, 2.45) is 5.92 Å². The Bertz CT molecular complexity index is 541. The summed E-state index contributed by atoms with van der Waals surface area (Å²) in [5.74, 6) is -0.545. The third kappa shape index (κ3) is 8.48. The Labute approximate surface area is 157 Å². The fraction of sp³-hybridized carbons (Fsp3) is 0.619. The molecular weight excluding hydrogens is 332 g/mol. The maximum Gasteiger partial charge on any atom is 0.339 e. The Morgan fingerprint density at radius 2 is 1.46 bits per heavy atom. The van der Waals surface area contributed by atoms with Crippen molar-refractivity contribution in [3.8, 4) is 0 Å². The van der Waals surface area contributed by atoms with Crippen molar-refractivity contribution >= 4 is 11.9 Å². The van der Waals surface area contributed by atoms with Crippen LogP contribution in [-0.4, -0.2) is 38.9 Å². The summed E-state index contributed by atoms with van der Waals surface area (Å²) >= 11 is 0. The van der Waals surface area contributed by atoms with E-state index in [1.54, 1.807) is 31.4 Å². The molecule has 0 bridgehead atoms. The van der Waals surface area contributed by atoms with Gasteiger partial charge in [-0.05, 0) is 37.3 Å². The first-order valence-electron chi connectivity index (χ1n) is 9.52. The quantitative estimate of drug-likeness (QED) is 0.377. The van der Waals surface area contributed by atoms with Gasteiger partial charge in [-0.15, -0.1) is 0 Å². The Kier molecular flexibility index (Phi) is 11.4. The molecule has 1 atom stereocenters. The van der Waals surface area contributed by atoms with Gasteiger partial charge < -0.3 is 14.2 Å². The van der Waals surface area contributed by atoms with Gasteiger partial charge in [-0.1, -0.05) is 45.2 Å². The highest BCUT2D eigenvalue weighted by atomic mass is 16.5. The van der Waals surface area contributed by atoms with Gasteiger partial charge in [0, 0.05) is 13.7 Å². The van der Waals surface area contributed by atoms with Crippen molar-refractivity contribution in [3.63, 3.8) is 0 Å². The molecule has 146 valence electrons. The number of carbonyl (C=O) groups is 2. The second-order valence-electron chi connectivity index (χ2n) is 6.55. The van der Waals surface area contributed by atoms with Crippen LogP contribution in [-0.2, 0) is 14.2 Å². The lowest BCUT2D eigenvalue weighted by atomic mass is 10.1. The fourth-order valence-corrected chi connectivity index (χ4v) is 2.50. The third-order valence-electron chi connectivity index (χ3n) is 4.26. The van der Waals surface area contributed by atoms with Gasteiger partial charge in [0.2, 0.25) is 0 Å². The third-order valence-corrected chi connectivity index (χ3v) is 4.26. The molecule has 0 aliphatic rings. The molecule has 0 aliphatic heterocycles. The van der Waals surface area contributed by atoms with Crippen LogP contribution in [0.25, 0.3) is 0 Å². The van der Waals surface area contributed by atoms with Crippen molar-refractivity contribution in [1.29, 1.82) is 0 Å². The molecule has 1 unspecified atom stereocenters. The highest BCUT2D eigenvalue weighted by molar-refractivity contribution is 6.03. The van der Waals surface area contributed by atoms with Gasteiger partial charge in [-0.3, -0.25) is 0 Å². The van der Waals surface area contributed by atoms with Crippen LogP contribution in [0.15, 0.2) is 24.3 Å². The summed E-state index contributed by atoms with van der Waals surface area (Å²) < 4.78 is 15.7. The summed E-state index contributed by atoms with van der Waals surface area (Å²) in [5.41, 5.74) is 0.524. The average Bonchev–Trinajstić information content (AvgIpc) is 2.65. The van der Waals surface area contributed by atoms with Crippen LogP contribution in [0.4, 0.5) is 0 Å². The molecule has 5 heteroatoms. The largest absolute Gasteiger partial charge is 0.462 e. The van der Waals surface area contributed by atoms with E-state index in [-0.39, 0.29) is 11.1 Å². The molecule has 0 radical (unpaired) electrons. The predicted molar refractivity (Wildman–Crippen MR) is 101 cm³/mol. The van der Waals surface area contributed by atoms with Gasteiger partial charge >= 0.3 is 11.9 Å². The summed E-state index contributed by atoms with van der Waals surface area (Å²) in [6, 6.07) is 6.64. The Balaban J connectivity index is 2.50. The van der Waals surface area contributed by atoms with Crippen molar-refractivity contribution in [2.45, 2.75) is 52.4 Å². The van der Waals surface area contributed by atoms with Crippen molar-refractivity contribution < 1.29 is 23.8 Å². The van der Waals surface area contributed by atoms with Gasteiger partial charge in [0.15, 0.2) is 0 Å². The monoisotopic (exact) mass is 364 g/mol. The fourth-order valence-electron chi connectivity index (χ4n) is 2.50. The lowest BCUT2D eigenvalue weighted by Crippen LogP contribution is -2.15. The zero-order valence-corrected chi connectivity index (χ0v) is 16.3. The number of unbranched alkanes of at least 4 members (excludes halogenated alkanes) is 3. The highest BCUT2D eigenvalue weighted by Crippen LogP contribution is 2.14. The minimum absolute atomic E-state index is 0.260. The van der Waals surface area contributed by atoms with Crippen molar-refractivity contribution in [3.05, 3.63) is 35.4 Å². The lowest BCUT2D eigenvalue weighted by Gasteiger charge is -2.12. The maximum absolute atomic E-state index is 12.3. The highest BCUT2D eigenvalue weighted by Gasteiger charge is 2.19. The summed E-state index contributed by atoms with van der Waals surface area (Å²) in [6.07, 6.45) is 5.82. The molecule has 0 aromatic heterocycles. The number of benzene rings is 1. The molecule has 5 nitrogen and oxygen atoms in total. The molecule has 26 heavy (non-hydrogen) atoms. The molecule has 0 fully saturated rings. The predicted octanol–water partition coefficient (Wildman–Crippen LogP) is 4.64. The van der Waals surface area contributed by atoms with Crippen LogP contribution >= 0.6 is 0 Å². The Hall–Kier alpha value is -1.88. The minimum Gasteiger partial charge on any atom is -0.462 e. The summed E-state index contributed by atoms with van der Waals surface area (Å²) in [5, 5.41) is 0. The number of ether oxygens (including phenoxy) is 3. The van der Waals surface area contributed by atoms with E-state index in [0.29, 0.717) is 25.7 Å². The number of hydrogen-bond acceptors (Lipinski definition) is 5. The van der Waals surface area contributed by atoms with Gasteiger partial charge in [0.05, 0.1) is 24.3 Å². The van der Waals surface area contributed by atoms with E-state index in [0.717, 1.165) is 38.5 Å². The van der Waals surface area contributed by atoms with E-state index in [1.807, 2.05) is 0 Å². The van der Waals surface area contributed by atoms with Gasteiger partial charge in [0.1, 0.15) is 0 Å². The van der Waals surface area contributed by atoms with Crippen LogP contribution < -0.4 is 0 Å². The van der Waals surface area contributed by atoms with Crippen LogP contribution in [0.2, 0.25) is 0 Å². The number of hydrogen-bond donors (Lipinski definition) is 0. The molecular formula is C21H32O5. The Morgan fingerprint density at radius 3 is 2.04 bits per heavy atom. The Morgan fingerprint density at radius 1 is 0.885 bits per heavy atom. The smallest absolute Gasteiger partial charge is 0.339 e. The first-order valence-corrected chi connectivity index (χ1v) is 9.52. The van der Waals surface area contributed by atoms with E-state index in [1.165, 1.54) is 0 Å². The molecule has 0 aliphatic carbocycles. The maximum atomic E-state index is 12.3. The number of esters is 2. The molecule has 0 N–H and O–H groups in total. The molecule has 1 aromatic rings. The lowest BCUT2D eigenvalue weighted by molar-refractivity contribution is 0.0440. The van der Waals surface area contributed by atoms with E-state index in [9.17, 15) is 9.59 Å². The zero-order valence-electron chi connectivity index (χ0n) is 16.3. The van der Waals surface area contributed by atoms with E-state index >= 15 is 0 Å². The van der Waals surface area contributed by atoms with Crippen LogP contribution in [0, 0.1) is 5.92 Å². The van der Waals surface area contributed by atoms with Crippen molar-refractivity contribution in [1.82, 2.24) is 0 Å². The standard InChI is InChI=1S/C21H32O5/c1-4-5-6-9-14-25-20(22)18-10-7-8-11-19(18)21(23)26-16-13-17(2)12-15-24-3/h7-8,10-11,17H,4-6,9,12-16H2,1-3H3. The normalized spacial score (nSPS) is 11.8. The molecule has 0 amide bonds. The number of rotatable bonds is 13. The summed E-state index contributed by atoms with van der Waals surface area (Å²) in [4.78, 5) is 24.6. The second-order valence-corrected chi connectivity index (χ2v) is 6.55. The van der Waals surface area contributed by atoms with E-state index in [2.05, 4.69) is 13.8 Å². The molecule has 0 saturated heterocycles. The topological polar surface area (TPSA) is 61.8 Å². The molecule has 0 saturated carbocycles. The van der Waals surface area contributed by atoms with Gasteiger partial charge in [-0.25, -0.2) is 9.59 Å². The average molecular weight is 364 g/mol. The number of methoxy groups -OCH3 is 1. The first-order chi connectivity index (χ1) is 12.6.